The van der Waals surface area contributed by atoms with E-state index in [1.165, 1.54) is 0 Å². The maximum atomic E-state index is 11.8. The SMILES string of the molecule is COc1ccc(OC(C)C)c(-c2ccc(C(=O)O)c(CCc3cc(Cl)cc(Cl)c3)n2)c1. The van der Waals surface area contributed by atoms with E-state index < -0.39 is 5.97 Å². The fourth-order valence-corrected chi connectivity index (χ4v) is 3.82. The average Bonchev–Trinajstić information content (AvgIpc) is 2.71. The Balaban J connectivity index is 2.01. The van der Waals surface area contributed by atoms with Gasteiger partial charge in [0.2, 0.25) is 0 Å². The van der Waals surface area contributed by atoms with Gasteiger partial charge in [0.15, 0.2) is 0 Å². The van der Waals surface area contributed by atoms with Crippen molar-refractivity contribution in [1.29, 1.82) is 0 Å². The summed E-state index contributed by atoms with van der Waals surface area (Å²) in [6.07, 6.45) is 0.929. The molecule has 1 aromatic heterocycles. The van der Waals surface area contributed by atoms with Crippen molar-refractivity contribution in [2.75, 3.05) is 7.11 Å². The molecule has 0 aliphatic carbocycles. The second-order valence-corrected chi connectivity index (χ2v) is 8.18. The monoisotopic (exact) mass is 459 g/mol. The van der Waals surface area contributed by atoms with Gasteiger partial charge in [-0.25, -0.2) is 4.79 Å². The van der Waals surface area contributed by atoms with Crippen molar-refractivity contribution in [3.05, 3.63) is 75.4 Å². The smallest absolute Gasteiger partial charge is 0.337 e. The van der Waals surface area contributed by atoms with Crippen LogP contribution in [0.3, 0.4) is 0 Å². The molecule has 1 heterocycles. The Bertz CT molecular complexity index is 1080. The van der Waals surface area contributed by atoms with Crippen molar-refractivity contribution < 1.29 is 19.4 Å². The van der Waals surface area contributed by atoms with Crippen LogP contribution >= 0.6 is 23.2 Å². The van der Waals surface area contributed by atoms with Gasteiger partial charge in [0.1, 0.15) is 11.5 Å². The topological polar surface area (TPSA) is 68.7 Å². The van der Waals surface area contributed by atoms with Crippen molar-refractivity contribution in [2.24, 2.45) is 0 Å². The number of nitrogens with zero attached hydrogens (tertiary/aromatic N) is 1. The Labute approximate surface area is 191 Å². The van der Waals surface area contributed by atoms with Crippen LogP contribution in [-0.4, -0.2) is 29.3 Å². The molecule has 0 saturated carbocycles. The van der Waals surface area contributed by atoms with Crippen molar-refractivity contribution in [1.82, 2.24) is 4.98 Å². The first-order valence-electron chi connectivity index (χ1n) is 9.80. The summed E-state index contributed by atoms with van der Waals surface area (Å²) < 4.78 is 11.3. The van der Waals surface area contributed by atoms with Gasteiger partial charge in [0.05, 0.1) is 30.2 Å². The number of aromatic nitrogens is 1. The van der Waals surface area contributed by atoms with E-state index in [4.69, 9.17) is 32.7 Å². The Morgan fingerprint density at radius 1 is 1.03 bits per heavy atom. The van der Waals surface area contributed by atoms with E-state index in [1.807, 2.05) is 44.2 Å². The third kappa shape index (κ3) is 5.90. The molecule has 2 aromatic carbocycles. The molecule has 31 heavy (non-hydrogen) atoms. The number of halogens is 2. The highest BCUT2D eigenvalue weighted by Gasteiger charge is 2.17. The highest BCUT2D eigenvalue weighted by atomic mass is 35.5. The zero-order valence-corrected chi connectivity index (χ0v) is 19.0. The fourth-order valence-electron chi connectivity index (χ4n) is 3.25. The summed E-state index contributed by atoms with van der Waals surface area (Å²) in [5, 5.41) is 10.7. The molecule has 7 heteroatoms. The number of carboxylic acid groups (broad SMARTS) is 1. The van der Waals surface area contributed by atoms with E-state index in [2.05, 4.69) is 4.98 Å². The minimum Gasteiger partial charge on any atom is -0.497 e. The zero-order chi connectivity index (χ0) is 22.5. The Hall–Kier alpha value is -2.76. The molecular weight excluding hydrogens is 437 g/mol. The number of benzene rings is 2. The molecule has 3 aromatic rings. The molecule has 0 aliphatic rings. The Kier molecular flexibility index (Phi) is 7.42. The second-order valence-electron chi connectivity index (χ2n) is 7.30. The molecule has 0 aliphatic heterocycles. The standard InChI is InChI=1S/C24H23Cl2NO4/c1-14(2)31-23-9-5-18(30-3)13-20(23)22-8-6-19(24(28)29)21(27-22)7-4-15-10-16(25)12-17(26)11-15/h5-6,8-14H,4,7H2,1-3H3,(H,28,29). The number of hydrogen-bond acceptors (Lipinski definition) is 4. The Morgan fingerprint density at radius 2 is 1.74 bits per heavy atom. The first-order chi connectivity index (χ1) is 14.8. The third-order valence-electron chi connectivity index (χ3n) is 4.60. The van der Waals surface area contributed by atoms with Gasteiger partial charge in [-0.1, -0.05) is 23.2 Å². The lowest BCUT2D eigenvalue weighted by atomic mass is 10.0. The molecule has 0 fully saturated rings. The number of rotatable bonds is 8. The molecule has 5 nitrogen and oxygen atoms in total. The molecule has 3 rings (SSSR count). The summed E-state index contributed by atoms with van der Waals surface area (Å²) in [6.45, 7) is 3.88. The van der Waals surface area contributed by atoms with Crippen LogP contribution < -0.4 is 9.47 Å². The maximum Gasteiger partial charge on any atom is 0.337 e. The normalized spacial score (nSPS) is 10.9. The number of carbonyl (C=O) groups is 1. The molecule has 0 unspecified atom stereocenters. The summed E-state index contributed by atoms with van der Waals surface area (Å²) in [5.41, 5.74) is 2.88. The van der Waals surface area contributed by atoms with Crippen LogP contribution in [0.25, 0.3) is 11.3 Å². The van der Waals surface area contributed by atoms with Crippen LogP contribution in [0, 0.1) is 0 Å². The predicted molar refractivity (Wildman–Crippen MR) is 123 cm³/mol. The molecule has 0 saturated heterocycles. The largest absolute Gasteiger partial charge is 0.497 e. The maximum absolute atomic E-state index is 11.8. The van der Waals surface area contributed by atoms with Crippen LogP contribution in [0.5, 0.6) is 11.5 Å². The van der Waals surface area contributed by atoms with Gasteiger partial charge in [-0.05, 0) is 80.8 Å². The molecule has 0 bridgehead atoms. The minimum absolute atomic E-state index is 0.0301. The molecule has 1 N–H and O–H groups in total. The van der Waals surface area contributed by atoms with Gasteiger partial charge in [0, 0.05) is 15.6 Å². The molecule has 162 valence electrons. The van der Waals surface area contributed by atoms with E-state index in [0.717, 1.165) is 11.1 Å². The van der Waals surface area contributed by atoms with E-state index in [9.17, 15) is 9.90 Å². The van der Waals surface area contributed by atoms with Crippen molar-refractivity contribution in [3.63, 3.8) is 0 Å². The van der Waals surface area contributed by atoms with Gasteiger partial charge in [-0.2, -0.15) is 0 Å². The van der Waals surface area contributed by atoms with Gasteiger partial charge >= 0.3 is 5.97 Å². The highest BCUT2D eigenvalue weighted by molar-refractivity contribution is 6.34. The number of hydrogen-bond donors (Lipinski definition) is 1. The quantitative estimate of drug-likeness (QED) is 0.425. The number of methoxy groups -OCH3 is 1. The number of carboxylic acids is 1. The lowest BCUT2D eigenvalue weighted by Gasteiger charge is -2.16. The third-order valence-corrected chi connectivity index (χ3v) is 5.04. The summed E-state index contributed by atoms with van der Waals surface area (Å²) in [5.74, 6) is 0.284. The van der Waals surface area contributed by atoms with Gasteiger partial charge < -0.3 is 14.6 Å². The second kappa shape index (κ2) is 10.0. The van der Waals surface area contributed by atoms with Gasteiger partial charge in [-0.15, -0.1) is 0 Å². The number of aromatic carboxylic acids is 1. The molecule has 0 amide bonds. The van der Waals surface area contributed by atoms with Crippen LogP contribution in [0.2, 0.25) is 10.0 Å². The van der Waals surface area contributed by atoms with E-state index in [0.29, 0.717) is 45.8 Å². The summed E-state index contributed by atoms with van der Waals surface area (Å²) in [6, 6.07) is 14.0. The number of ether oxygens (including phenoxy) is 2. The van der Waals surface area contributed by atoms with Gasteiger partial charge in [-0.3, -0.25) is 4.98 Å². The highest BCUT2D eigenvalue weighted by Crippen LogP contribution is 2.34. The lowest BCUT2D eigenvalue weighted by Crippen LogP contribution is -2.09. The molecular formula is C24H23Cl2NO4. The van der Waals surface area contributed by atoms with E-state index >= 15 is 0 Å². The molecule has 0 spiro atoms. The molecule has 0 atom stereocenters. The van der Waals surface area contributed by atoms with Crippen LogP contribution in [0.1, 0.15) is 35.5 Å². The lowest BCUT2D eigenvalue weighted by molar-refractivity contribution is 0.0695. The number of aryl methyl sites for hydroxylation is 2. The first-order valence-corrected chi connectivity index (χ1v) is 10.6. The predicted octanol–water partition coefficient (Wildman–Crippen LogP) is 6.33. The zero-order valence-electron chi connectivity index (χ0n) is 17.5. The van der Waals surface area contributed by atoms with Crippen molar-refractivity contribution >= 4 is 29.2 Å². The molecule has 0 radical (unpaired) electrons. The van der Waals surface area contributed by atoms with Crippen molar-refractivity contribution in [3.8, 4) is 22.8 Å². The van der Waals surface area contributed by atoms with E-state index in [-0.39, 0.29) is 11.7 Å². The van der Waals surface area contributed by atoms with Crippen LogP contribution in [0.4, 0.5) is 0 Å². The summed E-state index contributed by atoms with van der Waals surface area (Å²) in [7, 11) is 1.59. The Morgan fingerprint density at radius 3 is 2.35 bits per heavy atom. The summed E-state index contributed by atoms with van der Waals surface area (Å²) >= 11 is 12.2. The summed E-state index contributed by atoms with van der Waals surface area (Å²) in [4.78, 5) is 16.5. The van der Waals surface area contributed by atoms with Gasteiger partial charge in [0.25, 0.3) is 0 Å². The van der Waals surface area contributed by atoms with Crippen molar-refractivity contribution in [2.45, 2.75) is 32.8 Å². The van der Waals surface area contributed by atoms with Crippen LogP contribution in [-0.2, 0) is 12.8 Å². The minimum atomic E-state index is -1.03. The van der Waals surface area contributed by atoms with Crippen LogP contribution in [0.15, 0.2) is 48.5 Å². The fraction of sp³-hybridized carbons (Fsp3) is 0.250. The van der Waals surface area contributed by atoms with E-state index in [1.54, 1.807) is 25.3 Å². The number of pyridine rings is 1. The first kappa shape index (κ1) is 22.9. The average molecular weight is 460 g/mol.